The van der Waals surface area contributed by atoms with E-state index < -0.39 is 0 Å². The predicted octanol–water partition coefficient (Wildman–Crippen LogP) is 5.74. The summed E-state index contributed by atoms with van der Waals surface area (Å²) < 4.78 is 12.1. The molecule has 0 N–H and O–H groups in total. The van der Waals surface area contributed by atoms with Crippen molar-refractivity contribution in [2.24, 2.45) is 11.8 Å². The Morgan fingerprint density at radius 2 is 1.50 bits per heavy atom. The molecule has 2 nitrogen and oxygen atoms in total. The minimum absolute atomic E-state index is 0.362. The highest BCUT2D eigenvalue weighted by molar-refractivity contribution is 4.81. The van der Waals surface area contributed by atoms with E-state index in [0.717, 1.165) is 31.5 Å². The van der Waals surface area contributed by atoms with Gasteiger partial charge < -0.3 is 9.47 Å². The molecule has 0 aromatic rings. The van der Waals surface area contributed by atoms with Gasteiger partial charge in [-0.25, -0.2) is 0 Å². The van der Waals surface area contributed by atoms with Crippen LogP contribution in [0.4, 0.5) is 0 Å². The topological polar surface area (TPSA) is 18.5 Å². The molecule has 1 heterocycles. The highest BCUT2D eigenvalue weighted by Crippen LogP contribution is 2.35. The average Bonchev–Trinajstić information content (AvgIpc) is 2.56. The fraction of sp³-hybridized carbons (Fsp3) is 1.00. The van der Waals surface area contributed by atoms with Crippen molar-refractivity contribution >= 4 is 0 Å². The maximum Gasteiger partial charge on any atom is 0.0838 e. The van der Waals surface area contributed by atoms with Crippen LogP contribution in [0.3, 0.4) is 0 Å². The first-order valence-electron chi connectivity index (χ1n) is 10.1. The lowest BCUT2D eigenvalue weighted by Crippen LogP contribution is -2.41. The van der Waals surface area contributed by atoms with E-state index in [2.05, 4.69) is 13.8 Å². The van der Waals surface area contributed by atoms with E-state index in [0.29, 0.717) is 12.2 Å². The summed E-state index contributed by atoms with van der Waals surface area (Å²) in [6.07, 6.45) is 17.3. The Labute approximate surface area is 138 Å². The second-order valence-electron chi connectivity index (χ2n) is 7.60. The van der Waals surface area contributed by atoms with Crippen molar-refractivity contribution in [3.8, 4) is 0 Å². The van der Waals surface area contributed by atoms with Crippen molar-refractivity contribution in [2.75, 3.05) is 13.2 Å². The Morgan fingerprint density at radius 3 is 2.14 bits per heavy atom. The van der Waals surface area contributed by atoms with Gasteiger partial charge in [0.2, 0.25) is 0 Å². The molecule has 2 atom stereocenters. The van der Waals surface area contributed by atoms with Crippen molar-refractivity contribution in [1.29, 1.82) is 0 Å². The summed E-state index contributed by atoms with van der Waals surface area (Å²) in [5.41, 5.74) is 0. The third-order valence-corrected chi connectivity index (χ3v) is 5.74. The smallest absolute Gasteiger partial charge is 0.0838 e. The molecule has 2 heteroatoms. The molecule has 1 saturated heterocycles. The van der Waals surface area contributed by atoms with Gasteiger partial charge in [0.05, 0.1) is 25.4 Å². The summed E-state index contributed by atoms with van der Waals surface area (Å²) in [5, 5.41) is 0. The van der Waals surface area contributed by atoms with Gasteiger partial charge in [0, 0.05) is 0 Å². The molecule has 1 aliphatic carbocycles. The molecule has 1 aliphatic heterocycles. The van der Waals surface area contributed by atoms with Crippen LogP contribution in [0.2, 0.25) is 0 Å². The van der Waals surface area contributed by atoms with Gasteiger partial charge in [-0.1, -0.05) is 71.6 Å². The molecule has 0 amide bonds. The van der Waals surface area contributed by atoms with Crippen LogP contribution in [-0.4, -0.2) is 25.4 Å². The summed E-state index contributed by atoms with van der Waals surface area (Å²) in [6.45, 7) is 6.19. The van der Waals surface area contributed by atoms with E-state index in [1.54, 1.807) is 0 Å². The van der Waals surface area contributed by atoms with Crippen LogP contribution >= 0.6 is 0 Å². The maximum absolute atomic E-state index is 6.12. The highest BCUT2D eigenvalue weighted by atomic mass is 16.6. The van der Waals surface area contributed by atoms with E-state index in [1.165, 1.54) is 70.6 Å². The van der Waals surface area contributed by atoms with Crippen LogP contribution in [0, 0.1) is 11.8 Å². The largest absolute Gasteiger partial charge is 0.373 e. The van der Waals surface area contributed by atoms with Crippen LogP contribution in [0.25, 0.3) is 0 Å². The normalized spacial score (nSPS) is 33.0. The Hall–Kier alpha value is -0.0800. The van der Waals surface area contributed by atoms with Gasteiger partial charge in [-0.15, -0.1) is 0 Å². The molecule has 2 fully saturated rings. The zero-order valence-electron chi connectivity index (χ0n) is 15.0. The number of rotatable bonds is 9. The van der Waals surface area contributed by atoms with Crippen LogP contribution in [0.15, 0.2) is 0 Å². The van der Waals surface area contributed by atoms with E-state index in [-0.39, 0.29) is 0 Å². The minimum Gasteiger partial charge on any atom is -0.373 e. The van der Waals surface area contributed by atoms with Crippen molar-refractivity contribution in [3.05, 3.63) is 0 Å². The van der Waals surface area contributed by atoms with Gasteiger partial charge in [-0.2, -0.15) is 0 Å². The van der Waals surface area contributed by atoms with Crippen molar-refractivity contribution in [1.82, 2.24) is 0 Å². The molecular formula is C20H38O2. The first-order chi connectivity index (χ1) is 10.8. The Balaban J connectivity index is 1.55. The second-order valence-corrected chi connectivity index (χ2v) is 7.60. The van der Waals surface area contributed by atoms with Gasteiger partial charge in [0.15, 0.2) is 0 Å². The molecule has 1 saturated carbocycles. The van der Waals surface area contributed by atoms with Crippen molar-refractivity contribution in [3.63, 3.8) is 0 Å². The molecule has 2 unspecified atom stereocenters. The highest BCUT2D eigenvalue weighted by Gasteiger charge is 2.31. The fourth-order valence-corrected chi connectivity index (χ4v) is 4.20. The molecule has 22 heavy (non-hydrogen) atoms. The SMILES string of the molecule is CCCCCCCC1CCC(C2COC(CCC)CO2)CC1. The molecule has 0 radical (unpaired) electrons. The van der Waals surface area contributed by atoms with Gasteiger partial charge in [0.25, 0.3) is 0 Å². The fourth-order valence-electron chi connectivity index (χ4n) is 4.20. The van der Waals surface area contributed by atoms with Crippen LogP contribution in [-0.2, 0) is 9.47 Å². The molecule has 0 spiro atoms. The standard InChI is InChI=1S/C20H38O2/c1-3-5-6-7-8-10-17-11-13-18(14-12-17)20-16-21-19(9-4-2)15-22-20/h17-20H,3-16H2,1-2H3. The minimum atomic E-state index is 0.362. The lowest BCUT2D eigenvalue weighted by Gasteiger charge is -2.37. The molecule has 0 aromatic carbocycles. The first kappa shape index (κ1) is 18.3. The lowest BCUT2D eigenvalue weighted by atomic mass is 9.77. The van der Waals surface area contributed by atoms with Gasteiger partial charge in [-0.3, -0.25) is 0 Å². The third kappa shape index (κ3) is 6.20. The first-order valence-corrected chi connectivity index (χ1v) is 10.1. The van der Waals surface area contributed by atoms with Gasteiger partial charge in [0.1, 0.15) is 0 Å². The zero-order chi connectivity index (χ0) is 15.6. The van der Waals surface area contributed by atoms with Gasteiger partial charge in [-0.05, 0) is 31.1 Å². The summed E-state index contributed by atoms with van der Waals surface area (Å²) in [7, 11) is 0. The molecular weight excluding hydrogens is 272 g/mol. The number of hydrogen-bond donors (Lipinski definition) is 0. The second kappa shape index (κ2) is 10.6. The summed E-state index contributed by atoms with van der Waals surface area (Å²) in [5.74, 6) is 1.76. The number of ether oxygens (including phenoxy) is 2. The van der Waals surface area contributed by atoms with Crippen LogP contribution < -0.4 is 0 Å². The summed E-state index contributed by atoms with van der Waals surface area (Å²) in [6, 6.07) is 0. The number of hydrogen-bond acceptors (Lipinski definition) is 2. The van der Waals surface area contributed by atoms with Crippen LogP contribution in [0.1, 0.15) is 90.9 Å². The quantitative estimate of drug-likeness (QED) is 0.506. The summed E-state index contributed by atoms with van der Waals surface area (Å²) >= 11 is 0. The lowest BCUT2D eigenvalue weighted by molar-refractivity contribution is -0.156. The Morgan fingerprint density at radius 1 is 0.727 bits per heavy atom. The monoisotopic (exact) mass is 310 g/mol. The Kier molecular flexibility index (Phi) is 8.84. The van der Waals surface area contributed by atoms with E-state index in [4.69, 9.17) is 9.47 Å². The van der Waals surface area contributed by atoms with Crippen LogP contribution in [0.5, 0.6) is 0 Å². The maximum atomic E-state index is 6.12. The number of unbranched alkanes of at least 4 members (excludes halogenated alkanes) is 4. The average molecular weight is 311 g/mol. The van der Waals surface area contributed by atoms with E-state index in [9.17, 15) is 0 Å². The van der Waals surface area contributed by atoms with Crippen molar-refractivity contribution < 1.29 is 9.47 Å². The molecule has 130 valence electrons. The molecule has 2 rings (SSSR count). The molecule has 0 bridgehead atoms. The Bertz CT molecular complexity index is 263. The third-order valence-electron chi connectivity index (χ3n) is 5.74. The zero-order valence-corrected chi connectivity index (χ0v) is 15.0. The predicted molar refractivity (Wildman–Crippen MR) is 93.2 cm³/mol. The van der Waals surface area contributed by atoms with E-state index >= 15 is 0 Å². The van der Waals surface area contributed by atoms with Gasteiger partial charge >= 0.3 is 0 Å². The van der Waals surface area contributed by atoms with Crippen molar-refractivity contribution in [2.45, 2.75) is 103 Å². The molecule has 0 aromatic heterocycles. The molecule has 2 aliphatic rings. The summed E-state index contributed by atoms with van der Waals surface area (Å²) in [4.78, 5) is 0. The van der Waals surface area contributed by atoms with E-state index in [1.807, 2.05) is 0 Å².